The summed E-state index contributed by atoms with van der Waals surface area (Å²) in [5.74, 6) is 0. The van der Waals surface area contributed by atoms with Crippen LogP contribution in [0.1, 0.15) is 35.4 Å². The molecule has 8 aromatic rings. The summed E-state index contributed by atoms with van der Waals surface area (Å²) in [6.07, 6.45) is 13.7. The van der Waals surface area contributed by atoms with Gasteiger partial charge in [-0.3, -0.25) is 0 Å². The molecule has 0 bridgehead atoms. The fraction of sp³-hybridized carbons (Fsp3) is 0.0952. The SMILES string of the molecule is C1=Cc2c3c(n(-c4ccc5c6ccccc6n(-c6cccc(-n7c8ccccc8c8ccccc87)c6)c5c4)c2CC1)CCC=C3. The second kappa shape index (κ2) is 9.48. The highest BCUT2D eigenvalue weighted by atomic mass is 15.0. The van der Waals surface area contributed by atoms with Crippen molar-refractivity contribution in [2.24, 2.45) is 0 Å². The van der Waals surface area contributed by atoms with Crippen molar-refractivity contribution in [1.29, 1.82) is 0 Å². The number of rotatable bonds is 3. The van der Waals surface area contributed by atoms with Crippen molar-refractivity contribution in [1.82, 2.24) is 13.7 Å². The van der Waals surface area contributed by atoms with E-state index in [0.717, 1.165) is 25.7 Å². The molecule has 214 valence electrons. The second-order valence-electron chi connectivity index (χ2n) is 12.4. The van der Waals surface area contributed by atoms with Crippen LogP contribution >= 0.6 is 0 Å². The molecule has 3 heterocycles. The number of hydrogen-bond acceptors (Lipinski definition) is 0. The van der Waals surface area contributed by atoms with Gasteiger partial charge in [-0.05, 0) is 74.2 Å². The Balaban J connectivity index is 1.23. The third-order valence-electron chi connectivity index (χ3n) is 9.96. The zero-order valence-corrected chi connectivity index (χ0v) is 24.9. The molecule has 0 spiro atoms. The Morgan fingerprint density at radius 2 is 0.844 bits per heavy atom. The van der Waals surface area contributed by atoms with Gasteiger partial charge in [0.1, 0.15) is 0 Å². The molecule has 0 amide bonds. The third kappa shape index (κ3) is 3.52. The van der Waals surface area contributed by atoms with Crippen molar-refractivity contribution < 1.29 is 0 Å². The zero-order valence-electron chi connectivity index (χ0n) is 24.9. The van der Waals surface area contributed by atoms with E-state index in [0.29, 0.717) is 0 Å². The molecule has 3 heteroatoms. The van der Waals surface area contributed by atoms with Crippen molar-refractivity contribution >= 4 is 55.8 Å². The first-order valence-electron chi connectivity index (χ1n) is 16.1. The first-order valence-corrected chi connectivity index (χ1v) is 16.1. The van der Waals surface area contributed by atoms with E-state index in [2.05, 4.69) is 153 Å². The fourth-order valence-electron chi connectivity index (χ4n) is 8.08. The minimum Gasteiger partial charge on any atom is -0.317 e. The number of allylic oxidation sites excluding steroid dienone is 2. The van der Waals surface area contributed by atoms with Crippen LogP contribution in [0.3, 0.4) is 0 Å². The molecular weight excluding hydrogens is 546 g/mol. The van der Waals surface area contributed by atoms with Crippen molar-refractivity contribution in [3.05, 3.63) is 150 Å². The highest BCUT2D eigenvalue weighted by Crippen LogP contribution is 2.39. The quantitative estimate of drug-likeness (QED) is 0.198. The summed E-state index contributed by atoms with van der Waals surface area (Å²) in [5, 5.41) is 5.13. The number of para-hydroxylation sites is 3. The standard InChI is InChI=1S/C42H31N3/c1-6-19-37-31(14-1)32-15-2-7-20-38(32)43(37)28-12-11-13-29(26-28)45-41-23-10-5-18-35(41)36-25-24-30(27-42(36)45)44-39-21-8-3-16-33(39)34-17-4-9-22-40(34)44/h1-7,10-20,23-27H,8-9,21-22H2. The van der Waals surface area contributed by atoms with Crippen LogP contribution in [0.4, 0.5) is 0 Å². The van der Waals surface area contributed by atoms with Gasteiger partial charge in [-0.2, -0.15) is 0 Å². The lowest BCUT2D eigenvalue weighted by Gasteiger charge is -2.17. The lowest BCUT2D eigenvalue weighted by molar-refractivity contribution is 0.814. The van der Waals surface area contributed by atoms with Crippen LogP contribution in [-0.4, -0.2) is 13.7 Å². The summed E-state index contributed by atoms with van der Waals surface area (Å²) in [5.41, 5.74) is 14.2. The lowest BCUT2D eigenvalue weighted by atomic mass is 9.97. The van der Waals surface area contributed by atoms with Gasteiger partial charge >= 0.3 is 0 Å². The Morgan fingerprint density at radius 3 is 1.40 bits per heavy atom. The van der Waals surface area contributed by atoms with Gasteiger partial charge in [0.15, 0.2) is 0 Å². The van der Waals surface area contributed by atoms with Crippen LogP contribution in [0.2, 0.25) is 0 Å². The summed E-state index contributed by atoms with van der Waals surface area (Å²) in [6.45, 7) is 0. The Hall–Kier alpha value is -5.54. The first-order chi connectivity index (χ1) is 22.3. The summed E-state index contributed by atoms with van der Waals surface area (Å²) < 4.78 is 7.45. The van der Waals surface area contributed by atoms with Gasteiger partial charge in [-0.15, -0.1) is 0 Å². The van der Waals surface area contributed by atoms with Gasteiger partial charge < -0.3 is 13.7 Å². The van der Waals surface area contributed by atoms with Crippen LogP contribution in [0.5, 0.6) is 0 Å². The maximum atomic E-state index is 2.58. The third-order valence-corrected chi connectivity index (χ3v) is 9.96. The van der Waals surface area contributed by atoms with E-state index in [-0.39, 0.29) is 0 Å². The normalized spacial score (nSPS) is 14.1. The first kappa shape index (κ1) is 24.9. The molecular formula is C42H31N3. The number of aromatic nitrogens is 3. The molecule has 0 unspecified atom stereocenters. The van der Waals surface area contributed by atoms with E-state index >= 15 is 0 Å². The summed E-state index contributed by atoms with van der Waals surface area (Å²) in [7, 11) is 0. The van der Waals surface area contributed by atoms with E-state index < -0.39 is 0 Å². The highest BCUT2D eigenvalue weighted by Gasteiger charge is 2.24. The minimum absolute atomic E-state index is 1.08. The Morgan fingerprint density at radius 1 is 0.378 bits per heavy atom. The zero-order chi connectivity index (χ0) is 29.5. The van der Waals surface area contributed by atoms with E-state index in [4.69, 9.17) is 0 Å². The molecule has 5 aromatic carbocycles. The van der Waals surface area contributed by atoms with Crippen LogP contribution in [0.15, 0.2) is 127 Å². The Kier molecular flexibility index (Phi) is 5.23. The smallest absolute Gasteiger partial charge is 0.0561 e. The summed E-state index contributed by atoms with van der Waals surface area (Å²) >= 11 is 0. The van der Waals surface area contributed by atoms with Crippen molar-refractivity contribution in [3.8, 4) is 17.1 Å². The van der Waals surface area contributed by atoms with Crippen molar-refractivity contribution in [3.63, 3.8) is 0 Å². The monoisotopic (exact) mass is 577 g/mol. The minimum atomic E-state index is 1.08. The fourth-order valence-corrected chi connectivity index (χ4v) is 8.08. The van der Waals surface area contributed by atoms with Crippen molar-refractivity contribution in [2.45, 2.75) is 25.7 Å². The van der Waals surface area contributed by atoms with Crippen LogP contribution in [0, 0.1) is 0 Å². The Bertz CT molecular complexity index is 2450. The molecule has 2 aliphatic rings. The van der Waals surface area contributed by atoms with Crippen LogP contribution < -0.4 is 0 Å². The molecule has 0 saturated carbocycles. The Labute approximate surface area is 261 Å². The van der Waals surface area contributed by atoms with Gasteiger partial charge in [0.2, 0.25) is 0 Å². The molecule has 0 saturated heterocycles. The van der Waals surface area contributed by atoms with Crippen LogP contribution in [-0.2, 0) is 12.8 Å². The largest absolute Gasteiger partial charge is 0.317 e. The maximum absolute atomic E-state index is 2.58. The van der Waals surface area contributed by atoms with E-state index in [1.165, 1.54) is 83.2 Å². The van der Waals surface area contributed by atoms with Gasteiger partial charge in [0.25, 0.3) is 0 Å². The van der Waals surface area contributed by atoms with Crippen molar-refractivity contribution in [2.75, 3.05) is 0 Å². The molecule has 0 N–H and O–H groups in total. The molecule has 45 heavy (non-hydrogen) atoms. The second-order valence-corrected chi connectivity index (χ2v) is 12.4. The average molecular weight is 578 g/mol. The molecule has 10 rings (SSSR count). The van der Waals surface area contributed by atoms with Crippen LogP contribution in [0.25, 0.3) is 72.8 Å². The molecule has 2 aliphatic carbocycles. The van der Waals surface area contributed by atoms with Gasteiger partial charge in [0.05, 0.1) is 22.1 Å². The summed E-state index contributed by atoms with van der Waals surface area (Å²) in [6, 6.07) is 42.5. The number of hydrogen-bond donors (Lipinski definition) is 0. The lowest BCUT2D eigenvalue weighted by Crippen LogP contribution is -2.07. The average Bonchev–Trinajstić information content (AvgIpc) is 3.74. The van der Waals surface area contributed by atoms with Gasteiger partial charge in [-0.25, -0.2) is 0 Å². The molecule has 0 atom stereocenters. The van der Waals surface area contributed by atoms with Gasteiger partial charge in [0, 0.05) is 61.1 Å². The topological polar surface area (TPSA) is 14.8 Å². The van der Waals surface area contributed by atoms with Gasteiger partial charge in [-0.1, -0.05) is 91.0 Å². The molecule has 3 aromatic heterocycles. The van der Waals surface area contributed by atoms with E-state index in [1.54, 1.807) is 0 Å². The molecule has 0 fully saturated rings. The maximum Gasteiger partial charge on any atom is 0.0561 e. The molecule has 3 nitrogen and oxygen atoms in total. The number of fused-ring (bicyclic) bond motifs is 9. The molecule has 0 aliphatic heterocycles. The predicted octanol–water partition coefficient (Wildman–Crippen LogP) is 10.6. The summed E-state index contributed by atoms with van der Waals surface area (Å²) in [4.78, 5) is 0. The number of benzene rings is 5. The predicted molar refractivity (Wildman–Crippen MR) is 189 cm³/mol. The number of nitrogens with zero attached hydrogens (tertiary/aromatic N) is 3. The van der Waals surface area contributed by atoms with E-state index in [9.17, 15) is 0 Å². The highest BCUT2D eigenvalue weighted by molar-refractivity contribution is 6.11. The van der Waals surface area contributed by atoms with E-state index in [1.807, 2.05) is 0 Å². The molecule has 0 radical (unpaired) electrons.